The molecule has 0 saturated carbocycles. The van der Waals surface area contributed by atoms with Crippen molar-refractivity contribution < 1.29 is 8.42 Å². The summed E-state index contributed by atoms with van der Waals surface area (Å²) in [7, 11) is -1.63. The zero-order valence-electron chi connectivity index (χ0n) is 7.37. The van der Waals surface area contributed by atoms with Gasteiger partial charge in [0.2, 0.25) is 0 Å². The lowest BCUT2D eigenvalue weighted by atomic mass is 10.2. The molecular formula is C6H15N3O2S. The highest BCUT2D eigenvalue weighted by atomic mass is 32.2. The molecule has 1 fully saturated rings. The highest BCUT2D eigenvalue weighted by molar-refractivity contribution is 7.87. The Kier molecular flexibility index (Phi) is 3.05. The zero-order valence-corrected chi connectivity index (χ0v) is 8.19. The first-order valence-electron chi connectivity index (χ1n) is 4.01. The molecule has 0 atom stereocenters. The molecule has 1 heterocycles. The molecule has 0 radical (unpaired) electrons. The number of hydrogen-bond acceptors (Lipinski definition) is 3. The van der Waals surface area contributed by atoms with Crippen molar-refractivity contribution >= 4 is 10.2 Å². The molecule has 1 aliphatic rings. The Balaban J connectivity index is 2.54. The second-order valence-electron chi connectivity index (χ2n) is 2.83. The fourth-order valence-corrected chi connectivity index (χ4v) is 2.12. The van der Waals surface area contributed by atoms with E-state index in [1.165, 1.54) is 4.31 Å². The quantitative estimate of drug-likeness (QED) is 0.586. The van der Waals surface area contributed by atoms with Gasteiger partial charge < -0.3 is 5.32 Å². The third kappa shape index (κ3) is 1.95. The molecule has 0 amide bonds. The minimum atomic E-state index is -3.23. The average molecular weight is 193 g/mol. The predicted molar refractivity (Wildman–Crippen MR) is 47.0 cm³/mol. The van der Waals surface area contributed by atoms with Crippen LogP contribution in [0.5, 0.6) is 0 Å². The van der Waals surface area contributed by atoms with Crippen molar-refractivity contribution in [1.82, 2.24) is 14.3 Å². The first-order valence-corrected chi connectivity index (χ1v) is 5.45. The van der Waals surface area contributed by atoms with Crippen LogP contribution in [0.4, 0.5) is 0 Å². The number of likely N-dealkylation sites (N-methyl/N-ethyl adjacent to an activating group) is 1. The minimum Gasteiger partial charge on any atom is -0.313 e. The molecule has 1 rings (SSSR count). The number of hydrogen-bond donors (Lipinski definition) is 2. The molecule has 72 valence electrons. The smallest absolute Gasteiger partial charge is 0.279 e. The zero-order chi connectivity index (χ0) is 9.19. The molecule has 0 spiro atoms. The van der Waals surface area contributed by atoms with Crippen LogP contribution in [0.2, 0.25) is 0 Å². The Morgan fingerprint density at radius 2 is 2.17 bits per heavy atom. The summed E-state index contributed by atoms with van der Waals surface area (Å²) >= 11 is 0. The summed E-state index contributed by atoms with van der Waals surface area (Å²) in [4.78, 5) is 0. The molecule has 1 saturated heterocycles. The Bertz CT molecular complexity index is 235. The first-order chi connectivity index (χ1) is 5.58. The summed E-state index contributed by atoms with van der Waals surface area (Å²) in [6, 6.07) is 0.119. The van der Waals surface area contributed by atoms with E-state index in [9.17, 15) is 8.42 Å². The van der Waals surface area contributed by atoms with E-state index >= 15 is 0 Å². The number of nitrogens with zero attached hydrogens (tertiary/aromatic N) is 1. The number of nitrogens with one attached hydrogen (secondary N) is 2. The molecular weight excluding hydrogens is 178 g/mol. The van der Waals surface area contributed by atoms with Crippen LogP contribution in [0.25, 0.3) is 0 Å². The van der Waals surface area contributed by atoms with E-state index in [0.717, 1.165) is 13.1 Å². The van der Waals surface area contributed by atoms with Crippen LogP contribution in [0, 0.1) is 0 Å². The maximum absolute atomic E-state index is 11.4. The predicted octanol–water partition coefficient (Wildman–Crippen LogP) is -1.26. The van der Waals surface area contributed by atoms with E-state index in [-0.39, 0.29) is 6.04 Å². The SMILES string of the molecule is CCNS(=O)(=O)N(C)C1CNC1. The number of rotatable bonds is 4. The highest BCUT2D eigenvalue weighted by Crippen LogP contribution is 2.05. The molecule has 12 heavy (non-hydrogen) atoms. The van der Waals surface area contributed by atoms with Gasteiger partial charge in [0.25, 0.3) is 10.2 Å². The van der Waals surface area contributed by atoms with Gasteiger partial charge in [-0.15, -0.1) is 0 Å². The van der Waals surface area contributed by atoms with Crippen molar-refractivity contribution in [1.29, 1.82) is 0 Å². The maximum Gasteiger partial charge on any atom is 0.279 e. The van der Waals surface area contributed by atoms with Crippen molar-refractivity contribution in [2.24, 2.45) is 0 Å². The summed E-state index contributed by atoms with van der Waals surface area (Å²) in [5.74, 6) is 0. The fourth-order valence-electron chi connectivity index (χ4n) is 1.01. The van der Waals surface area contributed by atoms with Crippen molar-refractivity contribution in [3.63, 3.8) is 0 Å². The Morgan fingerprint density at radius 3 is 2.50 bits per heavy atom. The lowest BCUT2D eigenvalue weighted by Gasteiger charge is -2.34. The maximum atomic E-state index is 11.4. The van der Waals surface area contributed by atoms with Gasteiger partial charge in [-0.3, -0.25) is 0 Å². The van der Waals surface area contributed by atoms with Gasteiger partial charge in [0.15, 0.2) is 0 Å². The van der Waals surface area contributed by atoms with Crippen molar-refractivity contribution in [3.8, 4) is 0 Å². The molecule has 0 aromatic heterocycles. The summed E-state index contributed by atoms with van der Waals surface area (Å²) in [5, 5.41) is 3.02. The molecule has 6 heteroatoms. The molecule has 0 unspecified atom stereocenters. The van der Waals surface area contributed by atoms with Crippen molar-refractivity contribution in [3.05, 3.63) is 0 Å². The van der Waals surface area contributed by atoms with Gasteiger partial charge in [0, 0.05) is 26.7 Å². The van der Waals surface area contributed by atoms with Gasteiger partial charge in [0.05, 0.1) is 6.04 Å². The van der Waals surface area contributed by atoms with E-state index < -0.39 is 10.2 Å². The summed E-state index contributed by atoms with van der Waals surface area (Å²) in [6.45, 7) is 3.71. The summed E-state index contributed by atoms with van der Waals surface area (Å²) in [5.41, 5.74) is 0. The van der Waals surface area contributed by atoms with E-state index in [1.54, 1.807) is 14.0 Å². The topological polar surface area (TPSA) is 61.4 Å². The van der Waals surface area contributed by atoms with Crippen molar-refractivity contribution in [2.45, 2.75) is 13.0 Å². The minimum absolute atomic E-state index is 0.119. The van der Waals surface area contributed by atoms with Crippen LogP contribution in [-0.2, 0) is 10.2 Å². The molecule has 2 N–H and O–H groups in total. The Labute approximate surface area is 73.3 Å². The third-order valence-electron chi connectivity index (χ3n) is 1.98. The van der Waals surface area contributed by atoms with Crippen LogP contribution < -0.4 is 10.0 Å². The normalized spacial score (nSPS) is 19.6. The second kappa shape index (κ2) is 3.69. The first kappa shape index (κ1) is 9.91. The molecule has 0 aromatic rings. The molecule has 0 bridgehead atoms. The van der Waals surface area contributed by atoms with Gasteiger partial charge in [-0.1, -0.05) is 6.92 Å². The largest absolute Gasteiger partial charge is 0.313 e. The van der Waals surface area contributed by atoms with Gasteiger partial charge >= 0.3 is 0 Å². The second-order valence-corrected chi connectivity index (χ2v) is 4.65. The van der Waals surface area contributed by atoms with Crippen LogP contribution in [0.1, 0.15) is 6.92 Å². The van der Waals surface area contributed by atoms with Crippen molar-refractivity contribution in [2.75, 3.05) is 26.7 Å². The highest BCUT2D eigenvalue weighted by Gasteiger charge is 2.29. The Morgan fingerprint density at radius 1 is 1.58 bits per heavy atom. The fraction of sp³-hybridized carbons (Fsp3) is 1.00. The van der Waals surface area contributed by atoms with Gasteiger partial charge in [-0.2, -0.15) is 12.7 Å². The molecule has 1 aliphatic heterocycles. The van der Waals surface area contributed by atoms with E-state index in [2.05, 4.69) is 10.0 Å². The van der Waals surface area contributed by atoms with Crippen LogP contribution >= 0.6 is 0 Å². The monoisotopic (exact) mass is 193 g/mol. The third-order valence-corrected chi connectivity index (χ3v) is 3.69. The summed E-state index contributed by atoms with van der Waals surface area (Å²) in [6.07, 6.45) is 0. The van der Waals surface area contributed by atoms with Crippen LogP contribution in [-0.4, -0.2) is 45.4 Å². The summed E-state index contributed by atoms with van der Waals surface area (Å²) < 4.78 is 26.5. The van der Waals surface area contributed by atoms with Gasteiger partial charge in [0.1, 0.15) is 0 Å². The lowest BCUT2D eigenvalue weighted by molar-refractivity contribution is 0.271. The van der Waals surface area contributed by atoms with Gasteiger partial charge in [-0.05, 0) is 0 Å². The van der Waals surface area contributed by atoms with Crippen LogP contribution in [0.15, 0.2) is 0 Å². The average Bonchev–Trinajstić information content (AvgIpc) is 1.83. The standard InChI is InChI=1S/C6H15N3O2S/c1-3-8-12(10,11)9(2)6-4-7-5-6/h6-8H,3-5H2,1-2H3. The van der Waals surface area contributed by atoms with E-state index in [1.807, 2.05) is 0 Å². The van der Waals surface area contributed by atoms with Gasteiger partial charge in [-0.25, -0.2) is 4.72 Å². The van der Waals surface area contributed by atoms with E-state index in [0.29, 0.717) is 6.54 Å². The molecule has 0 aromatic carbocycles. The Hall–Kier alpha value is -0.170. The van der Waals surface area contributed by atoms with Crippen LogP contribution in [0.3, 0.4) is 0 Å². The van der Waals surface area contributed by atoms with E-state index in [4.69, 9.17) is 0 Å². The molecule has 0 aliphatic carbocycles. The molecule has 5 nitrogen and oxygen atoms in total. The lowest BCUT2D eigenvalue weighted by Crippen LogP contribution is -2.59.